The molecule has 4 heteroatoms. The van der Waals surface area contributed by atoms with E-state index < -0.39 is 6.61 Å². The van der Waals surface area contributed by atoms with Gasteiger partial charge in [0.2, 0.25) is 5.91 Å². The lowest BCUT2D eigenvalue weighted by Crippen LogP contribution is -2.40. The summed E-state index contributed by atoms with van der Waals surface area (Å²) in [5.41, 5.74) is 2.34. The Hall–Kier alpha value is -1.39. The van der Waals surface area contributed by atoms with Gasteiger partial charge in [0.1, 0.15) is 6.61 Å². The molecule has 0 saturated heterocycles. The first-order valence-corrected chi connectivity index (χ1v) is 5.00. The van der Waals surface area contributed by atoms with Gasteiger partial charge in [0.25, 0.3) is 0 Å². The Morgan fingerprint density at radius 3 is 3.13 bits per heavy atom. The molecule has 0 fully saturated rings. The Morgan fingerprint density at radius 2 is 2.33 bits per heavy atom. The summed E-state index contributed by atoms with van der Waals surface area (Å²) in [5, 5.41) is 14.7. The maximum atomic E-state index is 11.1. The molecule has 80 valence electrons. The minimum absolute atomic E-state index is 0.0328. The van der Waals surface area contributed by atoms with E-state index in [1.165, 1.54) is 5.56 Å². The van der Waals surface area contributed by atoms with Gasteiger partial charge in [0.05, 0.1) is 6.04 Å². The number of rotatable bonds is 2. The van der Waals surface area contributed by atoms with Gasteiger partial charge < -0.3 is 15.7 Å². The number of amides is 1. The summed E-state index contributed by atoms with van der Waals surface area (Å²) in [4.78, 5) is 11.1. The zero-order valence-electron chi connectivity index (χ0n) is 8.36. The number of aliphatic hydroxyl groups is 1. The van der Waals surface area contributed by atoms with E-state index in [2.05, 4.69) is 10.6 Å². The molecule has 1 atom stereocenters. The van der Waals surface area contributed by atoms with Gasteiger partial charge in [-0.1, -0.05) is 24.3 Å². The molecular weight excluding hydrogens is 192 g/mol. The molecule has 0 bridgehead atoms. The van der Waals surface area contributed by atoms with Crippen molar-refractivity contribution in [1.29, 1.82) is 0 Å². The first kappa shape index (κ1) is 10.1. The molecule has 1 heterocycles. The molecule has 0 aliphatic carbocycles. The maximum Gasteiger partial charge on any atom is 0.246 e. The second kappa shape index (κ2) is 4.42. The van der Waals surface area contributed by atoms with Crippen LogP contribution in [0.1, 0.15) is 17.2 Å². The summed E-state index contributed by atoms with van der Waals surface area (Å²) in [6, 6.07) is 7.96. The smallest absolute Gasteiger partial charge is 0.246 e. The van der Waals surface area contributed by atoms with Crippen molar-refractivity contribution in [2.24, 2.45) is 0 Å². The number of aliphatic hydroxyl groups excluding tert-OH is 1. The third kappa shape index (κ3) is 2.16. The zero-order chi connectivity index (χ0) is 10.7. The van der Waals surface area contributed by atoms with Crippen molar-refractivity contribution < 1.29 is 9.90 Å². The molecule has 15 heavy (non-hydrogen) atoms. The Labute approximate surface area is 88.3 Å². The molecule has 1 aromatic carbocycles. The number of hydrogen-bond donors (Lipinski definition) is 3. The standard InChI is InChI=1S/C11H14N2O2/c14-7-11(15)13-10-6-12-5-8-3-1-2-4-9(8)10/h1-4,10,12,14H,5-7H2,(H,13,15). The van der Waals surface area contributed by atoms with Crippen LogP contribution in [0.2, 0.25) is 0 Å². The largest absolute Gasteiger partial charge is 0.387 e. The zero-order valence-corrected chi connectivity index (χ0v) is 8.36. The molecule has 0 radical (unpaired) electrons. The summed E-state index contributed by atoms with van der Waals surface area (Å²) < 4.78 is 0. The average molecular weight is 206 g/mol. The van der Waals surface area contributed by atoms with Crippen LogP contribution < -0.4 is 10.6 Å². The minimum atomic E-state index is -0.460. The normalized spacial score (nSPS) is 19.4. The predicted octanol–water partition coefficient (Wildman–Crippen LogP) is -0.0606. The molecule has 4 nitrogen and oxygen atoms in total. The lowest BCUT2D eigenvalue weighted by Gasteiger charge is -2.26. The van der Waals surface area contributed by atoms with Crippen molar-refractivity contribution in [3.05, 3.63) is 35.4 Å². The van der Waals surface area contributed by atoms with Gasteiger partial charge in [-0.15, -0.1) is 0 Å². The van der Waals surface area contributed by atoms with Gasteiger partial charge in [0, 0.05) is 13.1 Å². The Bertz CT molecular complexity index is 365. The van der Waals surface area contributed by atoms with Crippen molar-refractivity contribution >= 4 is 5.91 Å². The number of carbonyl (C=O) groups excluding carboxylic acids is 1. The molecule has 1 aliphatic heterocycles. The van der Waals surface area contributed by atoms with E-state index in [1.807, 2.05) is 24.3 Å². The first-order chi connectivity index (χ1) is 7.31. The molecule has 1 unspecified atom stereocenters. The van der Waals surface area contributed by atoms with E-state index in [0.29, 0.717) is 6.54 Å². The number of carbonyl (C=O) groups is 1. The topological polar surface area (TPSA) is 61.4 Å². The van der Waals surface area contributed by atoms with Crippen LogP contribution in [0.5, 0.6) is 0 Å². The number of hydrogen-bond acceptors (Lipinski definition) is 3. The van der Waals surface area contributed by atoms with Gasteiger partial charge in [0.15, 0.2) is 0 Å². The highest BCUT2D eigenvalue weighted by Crippen LogP contribution is 2.21. The van der Waals surface area contributed by atoms with Crippen molar-refractivity contribution in [1.82, 2.24) is 10.6 Å². The van der Waals surface area contributed by atoms with Gasteiger partial charge in [-0.2, -0.15) is 0 Å². The Balaban J connectivity index is 2.18. The van der Waals surface area contributed by atoms with Gasteiger partial charge >= 0.3 is 0 Å². The fourth-order valence-electron chi connectivity index (χ4n) is 1.87. The number of fused-ring (bicyclic) bond motifs is 1. The van der Waals surface area contributed by atoms with Crippen LogP contribution in [0, 0.1) is 0 Å². The van der Waals surface area contributed by atoms with E-state index in [0.717, 1.165) is 12.1 Å². The number of benzene rings is 1. The predicted molar refractivity (Wildman–Crippen MR) is 56.1 cm³/mol. The van der Waals surface area contributed by atoms with Crippen LogP contribution in [-0.2, 0) is 11.3 Å². The van der Waals surface area contributed by atoms with Gasteiger partial charge in [-0.3, -0.25) is 4.79 Å². The van der Waals surface area contributed by atoms with Crippen molar-refractivity contribution in [2.75, 3.05) is 13.2 Å². The SMILES string of the molecule is O=C(CO)NC1CNCc2ccccc21. The second-order valence-electron chi connectivity index (χ2n) is 3.61. The molecular formula is C11H14N2O2. The van der Waals surface area contributed by atoms with Crippen molar-refractivity contribution in [3.63, 3.8) is 0 Å². The average Bonchev–Trinajstić information content (AvgIpc) is 2.29. The molecule has 2 rings (SSSR count). The van der Waals surface area contributed by atoms with Crippen molar-refractivity contribution in [2.45, 2.75) is 12.6 Å². The quantitative estimate of drug-likeness (QED) is 0.635. The minimum Gasteiger partial charge on any atom is -0.387 e. The highest BCUT2D eigenvalue weighted by molar-refractivity contribution is 5.77. The molecule has 0 aromatic heterocycles. The second-order valence-corrected chi connectivity index (χ2v) is 3.61. The third-order valence-corrected chi connectivity index (χ3v) is 2.57. The van der Waals surface area contributed by atoms with E-state index in [-0.39, 0.29) is 11.9 Å². The summed E-state index contributed by atoms with van der Waals surface area (Å²) in [6.07, 6.45) is 0. The molecule has 0 spiro atoms. The van der Waals surface area contributed by atoms with Gasteiger partial charge in [-0.25, -0.2) is 0 Å². The van der Waals surface area contributed by atoms with Crippen LogP contribution in [0.25, 0.3) is 0 Å². The summed E-state index contributed by atoms with van der Waals surface area (Å²) in [6.45, 7) is 1.09. The molecule has 0 saturated carbocycles. The van der Waals surface area contributed by atoms with Crippen LogP contribution in [0.3, 0.4) is 0 Å². The Morgan fingerprint density at radius 1 is 1.53 bits per heavy atom. The van der Waals surface area contributed by atoms with Crippen LogP contribution in [-0.4, -0.2) is 24.2 Å². The van der Waals surface area contributed by atoms with Gasteiger partial charge in [-0.05, 0) is 11.1 Å². The lowest BCUT2D eigenvalue weighted by molar-refractivity contribution is -0.124. The van der Waals surface area contributed by atoms with Crippen LogP contribution in [0.4, 0.5) is 0 Å². The Kier molecular flexibility index (Phi) is 2.99. The summed E-state index contributed by atoms with van der Waals surface area (Å²) in [7, 11) is 0. The maximum absolute atomic E-state index is 11.1. The first-order valence-electron chi connectivity index (χ1n) is 5.00. The highest BCUT2D eigenvalue weighted by atomic mass is 16.3. The summed E-state index contributed by atoms with van der Waals surface area (Å²) in [5.74, 6) is -0.335. The summed E-state index contributed by atoms with van der Waals surface area (Å²) >= 11 is 0. The van der Waals surface area contributed by atoms with E-state index in [1.54, 1.807) is 0 Å². The fraction of sp³-hybridized carbons (Fsp3) is 0.364. The monoisotopic (exact) mass is 206 g/mol. The fourth-order valence-corrected chi connectivity index (χ4v) is 1.87. The van der Waals surface area contributed by atoms with Crippen molar-refractivity contribution in [3.8, 4) is 0 Å². The lowest BCUT2D eigenvalue weighted by atomic mass is 9.97. The van der Waals surface area contributed by atoms with E-state index in [4.69, 9.17) is 5.11 Å². The van der Waals surface area contributed by atoms with Crippen LogP contribution in [0.15, 0.2) is 24.3 Å². The highest BCUT2D eigenvalue weighted by Gasteiger charge is 2.20. The molecule has 3 N–H and O–H groups in total. The molecule has 1 aliphatic rings. The number of nitrogens with one attached hydrogen (secondary N) is 2. The molecule has 1 aromatic rings. The molecule has 1 amide bonds. The van der Waals surface area contributed by atoms with Crippen LogP contribution >= 0.6 is 0 Å². The third-order valence-electron chi connectivity index (χ3n) is 2.57. The van der Waals surface area contributed by atoms with E-state index in [9.17, 15) is 4.79 Å². The van der Waals surface area contributed by atoms with E-state index >= 15 is 0 Å².